The van der Waals surface area contributed by atoms with Crippen LogP contribution < -0.4 is 0 Å². The summed E-state index contributed by atoms with van der Waals surface area (Å²) in [5.41, 5.74) is 0. The number of fused-ring (bicyclic) bond motifs is 1. The number of rotatable bonds is 4. The second-order valence-electron chi connectivity index (χ2n) is 5.55. The van der Waals surface area contributed by atoms with Gasteiger partial charge in [-0.25, -0.2) is 0 Å². The Morgan fingerprint density at radius 1 is 1.47 bits per heavy atom. The summed E-state index contributed by atoms with van der Waals surface area (Å²) in [4.78, 5) is 17.1. The summed E-state index contributed by atoms with van der Waals surface area (Å²) in [5, 5.41) is 0. The van der Waals surface area contributed by atoms with Crippen molar-refractivity contribution in [2.45, 2.75) is 32.4 Å². The fourth-order valence-electron chi connectivity index (χ4n) is 3.12. The normalized spacial score (nSPS) is 29.9. The van der Waals surface area contributed by atoms with Gasteiger partial charge in [-0.2, -0.15) is 11.8 Å². The quantitative estimate of drug-likeness (QED) is 0.780. The molecule has 0 aliphatic carbocycles. The van der Waals surface area contributed by atoms with Crippen LogP contribution in [0.2, 0.25) is 0 Å². The van der Waals surface area contributed by atoms with Crippen LogP contribution >= 0.6 is 11.8 Å². The van der Waals surface area contributed by atoms with Crippen LogP contribution in [0.5, 0.6) is 0 Å². The molecule has 0 radical (unpaired) electrons. The van der Waals surface area contributed by atoms with Crippen LogP contribution in [0.4, 0.5) is 0 Å². The van der Waals surface area contributed by atoms with E-state index >= 15 is 0 Å². The van der Waals surface area contributed by atoms with Gasteiger partial charge in [0.25, 0.3) is 0 Å². The molecule has 2 saturated heterocycles. The number of hydrogen-bond acceptors (Lipinski definition) is 4. The van der Waals surface area contributed by atoms with E-state index in [1.54, 1.807) is 11.8 Å². The molecule has 5 heteroatoms. The Balaban J connectivity index is 2.00. The van der Waals surface area contributed by atoms with Gasteiger partial charge >= 0.3 is 0 Å². The molecule has 0 N–H and O–H groups in total. The van der Waals surface area contributed by atoms with E-state index in [9.17, 15) is 4.79 Å². The Kier molecular flexibility index (Phi) is 5.54. The number of piperidine rings is 1. The third kappa shape index (κ3) is 3.44. The number of carbonyl (C=O) groups is 1. The van der Waals surface area contributed by atoms with Crippen LogP contribution in [-0.2, 0) is 9.53 Å². The van der Waals surface area contributed by atoms with Crippen LogP contribution in [-0.4, -0.2) is 72.6 Å². The zero-order valence-corrected chi connectivity index (χ0v) is 13.1. The van der Waals surface area contributed by atoms with Gasteiger partial charge in [0, 0.05) is 31.3 Å². The molecule has 19 heavy (non-hydrogen) atoms. The van der Waals surface area contributed by atoms with E-state index in [1.807, 2.05) is 6.92 Å². The van der Waals surface area contributed by atoms with E-state index in [2.05, 4.69) is 23.0 Å². The molecule has 0 aromatic heterocycles. The monoisotopic (exact) mass is 286 g/mol. The lowest BCUT2D eigenvalue weighted by molar-refractivity contribution is -0.155. The summed E-state index contributed by atoms with van der Waals surface area (Å²) < 4.78 is 5.89. The lowest BCUT2D eigenvalue weighted by atomic mass is 9.97. The van der Waals surface area contributed by atoms with Gasteiger partial charge in [0.2, 0.25) is 5.91 Å². The number of ether oxygens (including phenoxy) is 1. The molecule has 3 atom stereocenters. The minimum Gasteiger partial charge on any atom is -0.373 e. The highest BCUT2D eigenvalue weighted by Crippen LogP contribution is 2.25. The van der Waals surface area contributed by atoms with Crippen LogP contribution in [0.25, 0.3) is 0 Å². The van der Waals surface area contributed by atoms with Crippen molar-refractivity contribution in [2.75, 3.05) is 44.8 Å². The second-order valence-corrected chi connectivity index (χ2v) is 6.46. The maximum atomic E-state index is 12.5. The number of carbonyl (C=O) groups excluding carboxylic acids is 1. The minimum atomic E-state index is 0.123. The predicted octanol–water partition coefficient (Wildman–Crippen LogP) is 1.31. The number of thioether (sulfide) groups is 1. The number of likely N-dealkylation sites (N-methyl/N-ethyl adjacent to an activating group) is 1. The van der Waals surface area contributed by atoms with Crippen molar-refractivity contribution in [3.63, 3.8) is 0 Å². The maximum absolute atomic E-state index is 12.5. The second kappa shape index (κ2) is 6.95. The highest BCUT2D eigenvalue weighted by molar-refractivity contribution is 7.98. The van der Waals surface area contributed by atoms with Crippen molar-refractivity contribution in [3.8, 4) is 0 Å². The van der Waals surface area contributed by atoms with Gasteiger partial charge in [0.1, 0.15) is 0 Å². The Labute approximate surface area is 120 Å². The summed E-state index contributed by atoms with van der Waals surface area (Å²) in [6, 6.07) is 0.299. The summed E-state index contributed by atoms with van der Waals surface area (Å²) in [6.07, 6.45) is 3.33. The molecular weight excluding hydrogens is 260 g/mol. The van der Waals surface area contributed by atoms with Crippen molar-refractivity contribution < 1.29 is 9.53 Å². The number of hydrogen-bond donors (Lipinski definition) is 0. The first-order valence-corrected chi connectivity index (χ1v) is 8.70. The van der Waals surface area contributed by atoms with E-state index in [-0.39, 0.29) is 12.0 Å². The number of morpholine rings is 1. The fourth-order valence-corrected chi connectivity index (χ4v) is 3.76. The van der Waals surface area contributed by atoms with Crippen molar-refractivity contribution in [1.82, 2.24) is 9.80 Å². The van der Waals surface area contributed by atoms with Gasteiger partial charge in [-0.15, -0.1) is 0 Å². The van der Waals surface area contributed by atoms with E-state index in [0.717, 1.165) is 38.4 Å². The van der Waals surface area contributed by atoms with E-state index in [1.165, 1.54) is 0 Å². The maximum Gasteiger partial charge on any atom is 0.226 e. The molecule has 110 valence electrons. The molecule has 0 bridgehead atoms. The smallest absolute Gasteiger partial charge is 0.226 e. The molecule has 2 aliphatic rings. The zero-order chi connectivity index (χ0) is 13.8. The van der Waals surface area contributed by atoms with Crippen LogP contribution in [0.1, 0.15) is 20.3 Å². The largest absolute Gasteiger partial charge is 0.373 e. The molecule has 0 unspecified atom stereocenters. The summed E-state index contributed by atoms with van der Waals surface area (Å²) in [6.45, 7) is 8.82. The molecule has 2 heterocycles. The molecule has 0 spiro atoms. The lowest BCUT2D eigenvalue weighted by Gasteiger charge is -2.47. The lowest BCUT2D eigenvalue weighted by Crippen LogP contribution is -2.61. The van der Waals surface area contributed by atoms with Crippen molar-refractivity contribution in [3.05, 3.63) is 0 Å². The first kappa shape index (κ1) is 15.1. The molecule has 0 aromatic rings. The van der Waals surface area contributed by atoms with E-state index < -0.39 is 0 Å². The number of likely N-dealkylation sites (tertiary alicyclic amines) is 1. The van der Waals surface area contributed by atoms with Gasteiger partial charge < -0.3 is 14.5 Å². The van der Waals surface area contributed by atoms with Gasteiger partial charge in [0.05, 0.1) is 18.8 Å². The Hall–Kier alpha value is -0.260. The number of amides is 1. The van der Waals surface area contributed by atoms with Crippen molar-refractivity contribution >= 4 is 17.7 Å². The van der Waals surface area contributed by atoms with Crippen LogP contribution in [0, 0.1) is 5.92 Å². The highest BCUT2D eigenvalue weighted by atomic mass is 32.2. The molecule has 0 saturated carbocycles. The molecule has 1 amide bonds. The topological polar surface area (TPSA) is 32.8 Å². The Morgan fingerprint density at radius 3 is 2.95 bits per heavy atom. The average molecular weight is 286 g/mol. The van der Waals surface area contributed by atoms with Crippen LogP contribution in [0.3, 0.4) is 0 Å². The molecule has 4 nitrogen and oxygen atoms in total. The van der Waals surface area contributed by atoms with Crippen molar-refractivity contribution in [2.24, 2.45) is 5.92 Å². The first-order chi connectivity index (χ1) is 9.17. The van der Waals surface area contributed by atoms with Gasteiger partial charge in [-0.3, -0.25) is 4.79 Å². The predicted molar refractivity (Wildman–Crippen MR) is 79.5 cm³/mol. The summed E-state index contributed by atoms with van der Waals surface area (Å²) in [7, 11) is 0. The molecule has 2 fully saturated rings. The summed E-state index contributed by atoms with van der Waals surface area (Å²) in [5.74, 6) is 1.35. The minimum absolute atomic E-state index is 0.123. The first-order valence-electron chi connectivity index (χ1n) is 7.30. The molecule has 2 rings (SSSR count). The SMILES string of the molecule is CCN1CC[C@@H]2[C@@H](C1)OCCN2C(=O)[C@H](C)CSC. The van der Waals surface area contributed by atoms with E-state index in [0.29, 0.717) is 18.6 Å². The van der Waals surface area contributed by atoms with Gasteiger partial charge in [-0.05, 0) is 19.2 Å². The fraction of sp³-hybridized carbons (Fsp3) is 0.929. The Morgan fingerprint density at radius 2 is 2.26 bits per heavy atom. The molecular formula is C14H26N2O2S. The zero-order valence-electron chi connectivity index (χ0n) is 12.3. The Bertz CT molecular complexity index is 314. The number of nitrogens with zero attached hydrogens (tertiary/aromatic N) is 2. The molecule has 0 aromatic carbocycles. The summed E-state index contributed by atoms with van der Waals surface area (Å²) >= 11 is 1.75. The van der Waals surface area contributed by atoms with Gasteiger partial charge in [0.15, 0.2) is 0 Å². The highest BCUT2D eigenvalue weighted by Gasteiger charge is 2.39. The van der Waals surface area contributed by atoms with Crippen LogP contribution in [0.15, 0.2) is 0 Å². The third-order valence-electron chi connectivity index (χ3n) is 4.24. The average Bonchev–Trinajstić information content (AvgIpc) is 2.45. The van der Waals surface area contributed by atoms with Gasteiger partial charge in [-0.1, -0.05) is 13.8 Å². The molecule has 2 aliphatic heterocycles. The van der Waals surface area contributed by atoms with E-state index in [4.69, 9.17) is 4.74 Å². The van der Waals surface area contributed by atoms with Crippen molar-refractivity contribution in [1.29, 1.82) is 0 Å². The third-order valence-corrected chi connectivity index (χ3v) is 5.07. The standard InChI is InChI=1S/C14H26N2O2S/c1-4-15-6-5-12-13(9-15)18-8-7-16(12)14(17)11(2)10-19-3/h11-13H,4-10H2,1-3H3/t11-,12-,13-/m1/s1.